The zero-order valence-electron chi connectivity index (χ0n) is 9.59. The van der Waals surface area contributed by atoms with Crippen LogP contribution in [0.2, 0.25) is 0 Å². The van der Waals surface area contributed by atoms with E-state index in [0.717, 1.165) is 0 Å². The first-order valence-corrected chi connectivity index (χ1v) is 2.89. The van der Waals surface area contributed by atoms with Gasteiger partial charge >= 0.3 is 18.6 Å². The molecule has 0 aliphatic heterocycles. The molecule has 0 saturated carbocycles. The number of hydrogen-bond acceptors (Lipinski definition) is 5. The molecule has 1 radical (unpaired) electrons. The third-order valence-electron chi connectivity index (χ3n) is 0. The van der Waals surface area contributed by atoms with Gasteiger partial charge in [-0.25, -0.2) is 0 Å². The second kappa shape index (κ2) is 1490. The van der Waals surface area contributed by atoms with Gasteiger partial charge in [0.25, 0.3) is 0 Å². The van der Waals surface area contributed by atoms with Crippen molar-refractivity contribution in [3.8, 4) is 0 Å². The minimum atomic E-state index is 0. The first-order valence-electron chi connectivity index (χ1n) is 2.89. The molecule has 0 spiro atoms. The van der Waals surface area contributed by atoms with E-state index in [4.69, 9.17) is 0 Å². The maximum absolute atomic E-state index is 4.50. The van der Waals surface area contributed by atoms with E-state index in [9.17, 15) is 0 Å². The van der Waals surface area contributed by atoms with Crippen LogP contribution in [-0.2, 0) is 18.6 Å². The van der Waals surface area contributed by atoms with Crippen molar-refractivity contribution < 1.29 is 58.0 Å². The maximum atomic E-state index is 4.50. The SMILES string of the molecule is CN.CN.CN.CN.CN.O.[Br-].[Br-].[V+2]. The van der Waals surface area contributed by atoms with Gasteiger partial charge in [-0.15, -0.1) is 0 Å². The van der Waals surface area contributed by atoms with Crippen LogP contribution in [0.15, 0.2) is 0 Å². The first kappa shape index (κ1) is 78.8. The van der Waals surface area contributed by atoms with Crippen LogP contribution in [0.25, 0.3) is 0 Å². The molecule has 97 valence electrons. The summed E-state index contributed by atoms with van der Waals surface area (Å²) in [5.74, 6) is 0. The molecule has 0 saturated heterocycles. The van der Waals surface area contributed by atoms with E-state index < -0.39 is 0 Å². The van der Waals surface area contributed by atoms with Crippen LogP contribution < -0.4 is 62.6 Å². The molecule has 0 aromatic heterocycles. The molecule has 0 aromatic carbocycles. The Morgan fingerprint density at radius 1 is 0.429 bits per heavy atom. The first-order chi connectivity index (χ1) is 5.00. The van der Waals surface area contributed by atoms with Crippen molar-refractivity contribution in [2.45, 2.75) is 0 Å². The van der Waals surface area contributed by atoms with Crippen molar-refractivity contribution in [1.82, 2.24) is 0 Å². The largest absolute Gasteiger partial charge is 2.00 e. The average Bonchev–Trinajstić information content (AvgIpc) is 2.20. The summed E-state index contributed by atoms with van der Waals surface area (Å²) in [6.45, 7) is 0. The normalized spacial score (nSPS) is 2.14. The van der Waals surface area contributed by atoms with E-state index in [-0.39, 0.29) is 58.0 Å². The van der Waals surface area contributed by atoms with Gasteiger partial charge in [-0.2, -0.15) is 0 Å². The molecule has 0 atom stereocenters. The molecule has 0 rings (SSSR count). The molecule has 0 bridgehead atoms. The zero-order chi connectivity index (χ0) is 10.0. The maximum Gasteiger partial charge on any atom is 2.00 e. The molecule has 0 aromatic rings. The molecule has 12 N–H and O–H groups in total. The van der Waals surface area contributed by atoms with Gasteiger partial charge in [0, 0.05) is 0 Å². The summed E-state index contributed by atoms with van der Waals surface area (Å²) in [4.78, 5) is 0. The molecule has 0 aliphatic carbocycles. The van der Waals surface area contributed by atoms with Gasteiger partial charge in [0.15, 0.2) is 0 Å². The monoisotopic (exact) mass is 382 g/mol. The molecule has 0 heterocycles. The molecule has 9 heteroatoms. The van der Waals surface area contributed by atoms with E-state index in [0.29, 0.717) is 0 Å². The summed E-state index contributed by atoms with van der Waals surface area (Å²) in [6.07, 6.45) is 0. The molecular formula is C5H27Br2N5OV. The van der Waals surface area contributed by atoms with Crippen LogP contribution in [0, 0.1) is 0 Å². The fraction of sp³-hybridized carbons (Fsp3) is 1.00. The number of halogens is 2. The number of hydrogen-bond donors (Lipinski definition) is 5. The molecular weight excluding hydrogens is 357 g/mol. The predicted molar refractivity (Wildman–Crippen MR) is 54.2 cm³/mol. The van der Waals surface area contributed by atoms with Crippen LogP contribution in [0.5, 0.6) is 0 Å². The predicted octanol–water partition coefficient (Wildman–Crippen LogP) is -8.94. The fourth-order valence-corrected chi connectivity index (χ4v) is 0. The van der Waals surface area contributed by atoms with Crippen molar-refractivity contribution in [3.05, 3.63) is 0 Å². The number of rotatable bonds is 0. The Balaban J connectivity index is -0.00000000298. The van der Waals surface area contributed by atoms with Crippen molar-refractivity contribution in [2.75, 3.05) is 35.2 Å². The smallest absolute Gasteiger partial charge is 1.00 e. The summed E-state index contributed by atoms with van der Waals surface area (Å²) in [5.41, 5.74) is 22.5. The Hall–Kier alpha value is 1.30. The van der Waals surface area contributed by atoms with Crippen LogP contribution >= 0.6 is 0 Å². The van der Waals surface area contributed by atoms with Crippen LogP contribution in [-0.4, -0.2) is 40.7 Å². The van der Waals surface area contributed by atoms with Crippen LogP contribution in [0.4, 0.5) is 0 Å². The van der Waals surface area contributed by atoms with Gasteiger partial charge in [0.2, 0.25) is 0 Å². The Labute approximate surface area is 121 Å². The van der Waals surface area contributed by atoms with Crippen molar-refractivity contribution >= 4 is 0 Å². The molecule has 0 unspecified atom stereocenters. The number of nitrogens with two attached hydrogens (primary N) is 5. The second-order valence-electron chi connectivity index (χ2n) is 0. The van der Waals surface area contributed by atoms with Crippen molar-refractivity contribution in [1.29, 1.82) is 0 Å². The van der Waals surface area contributed by atoms with Gasteiger partial charge < -0.3 is 68.1 Å². The van der Waals surface area contributed by atoms with E-state index in [1.54, 1.807) is 0 Å². The summed E-state index contributed by atoms with van der Waals surface area (Å²) in [6, 6.07) is 0. The van der Waals surface area contributed by atoms with E-state index >= 15 is 0 Å². The Bertz CT molecular complexity index is 28.1. The van der Waals surface area contributed by atoms with Gasteiger partial charge in [-0.05, 0) is 35.2 Å². The Morgan fingerprint density at radius 2 is 0.429 bits per heavy atom. The minimum absolute atomic E-state index is 0. The van der Waals surface area contributed by atoms with E-state index in [2.05, 4.69) is 28.7 Å². The van der Waals surface area contributed by atoms with Gasteiger partial charge in [-0.3, -0.25) is 0 Å². The quantitative estimate of drug-likeness (QED) is 0.280. The molecule has 0 fully saturated rings. The summed E-state index contributed by atoms with van der Waals surface area (Å²) >= 11 is 0. The van der Waals surface area contributed by atoms with Gasteiger partial charge in [0.1, 0.15) is 0 Å². The minimum Gasteiger partial charge on any atom is -1.00 e. The standard InChI is InChI=1S/5CH5N.2BrH.H2O.V/c5*1-2;;;;/h5*2H2,1H3;2*1H;1H2;/q;;;;;;;;+2/p-2. The Morgan fingerprint density at radius 3 is 0.429 bits per heavy atom. The topological polar surface area (TPSA) is 162 Å². The van der Waals surface area contributed by atoms with Gasteiger partial charge in [-0.1, -0.05) is 0 Å². The molecule has 0 aliphatic rings. The molecule has 14 heavy (non-hydrogen) atoms. The second-order valence-corrected chi connectivity index (χ2v) is 0. The van der Waals surface area contributed by atoms with E-state index in [1.807, 2.05) is 0 Å². The van der Waals surface area contributed by atoms with Gasteiger partial charge in [0.05, 0.1) is 0 Å². The average molecular weight is 384 g/mol. The molecule has 0 amide bonds. The Kier molecular flexibility index (Phi) is 8370. The zero-order valence-corrected chi connectivity index (χ0v) is 14.2. The fourth-order valence-electron chi connectivity index (χ4n) is 0. The van der Waals surface area contributed by atoms with Crippen LogP contribution in [0.3, 0.4) is 0 Å². The van der Waals surface area contributed by atoms with Crippen molar-refractivity contribution in [3.63, 3.8) is 0 Å². The summed E-state index contributed by atoms with van der Waals surface area (Å²) in [5, 5.41) is 0. The van der Waals surface area contributed by atoms with E-state index in [1.165, 1.54) is 35.2 Å². The molecule has 6 nitrogen and oxygen atoms in total. The summed E-state index contributed by atoms with van der Waals surface area (Å²) in [7, 11) is 7.50. The summed E-state index contributed by atoms with van der Waals surface area (Å²) < 4.78 is 0. The third kappa shape index (κ3) is 1180. The third-order valence-corrected chi connectivity index (χ3v) is 0. The van der Waals surface area contributed by atoms with Crippen LogP contribution in [0.1, 0.15) is 0 Å². The van der Waals surface area contributed by atoms with Crippen molar-refractivity contribution in [2.24, 2.45) is 28.7 Å².